The summed E-state index contributed by atoms with van der Waals surface area (Å²) in [6.45, 7) is 0. The quantitative estimate of drug-likeness (QED) is 0.474. The van der Waals surface area contributed by atoms with Gasteiger partial charge in [0.1, 0.15) is 5.50 Å². The van der Waals surface area contributed by atoms with Crippen LogP contribution in [0.3, 0.4) is 0 Å². The van der Waals surface area contributed by atoms with E-state index in [1.54, 1.807) is 0 Å². The number of hydrogen-bond acceptors (Lipinski definition) is 6. The summed E-state index contributed by atoms with van der Waals surface area (Å²) in [7, 11) is 0. The number of nitrogens with one attached hydrogen (secondary N) is 2. The van der Waals surface area contributed by atoms with E-state index in [0.29, 0.717) is 0 Å². The van der Waals surface area contributed by atoms with Crippen LogP contribution in [-0.2, 0) is 4.79 Å². The highest BCUT2D eigenvalue weighted by molar-refractivity contribution is 7.99. The Hall–Kier alpha value is -0.660. The Morgan fingerprint density at radius 3 is 2.75 bits per heavy atom. The fourth-order valence-electron chi connectivity index (χ4n) is 0.926. The van der Waals surface area contributed by atoms with Crippen LogP contribution in [0, 0.1) is 4.91 Å². The maximum absolute atomic E-state index is 11.1. The Bertz CT molecular complexity index is 200. The normalized spacial score (nSPS) is 35.8. The van der Waals surface area contributed by atoms with Crippen molar-refractivity contribution in [2.75, 3.05) is 6.26 Å². The van der Waals surface area contributed by atoms with Crippen LogP contribution in [0.1, 0.15) is 0 Å². The highest BCUT2D eigenvalue weighted by Gasteiger charge is 2.34. The van der Waals surface area contributed by atoms with Gasteiger partial charge in [-0.1, -0.05) is 5.18 Å². The van der Waals surface area contributed by atoms with E-state index in [-0.39, 0.29) is 5.50 Å². The lowest BCUT2D eigenvalue weighted by atomic mass is 10.2. The van der Waals surface area contributed by atoms with Gasteiger partial charge in [-0.15, -0.1) is 16.7 Å². The van der Waals surface area contributed by atoms with Gasteiger partial charge < -0.3 is 11.1 Å². The second-order valence-electron chi connectivity index (χ2n) is 2.37. The van der Waals surface area contributed by atoms with Crippen LogP contribution in [0.25, 0.3) is 0 Å². The van der Waals surface area contributed by atoms with Crippen molar-refractivity contribution >= 4 is 17.7 Å². The lowest BCUT2D eigenvalue weighted by molar-refractivity contribution is -0.124. The molecule has 3 unspecified atom stereocenters. The molecule has 7 heteroatoms. The Balaban J connectivity index is 2.63. The number of rotatable bonds is 2. The minimum atomic E-state index is -1.02. The number of thioether (sulfide) groups is 1. The van der Waals surface area contributed by atoms with E-state index < -0.39 is 18.1 Å². The summed E-state index contributed by atoms with van der Waals surface area (Å²) in [4.78, 5) is 21.2. The maximum atomic E-state index is 11.1. The van der Waals surface area contributed by atoms with Crippen molar-refractivity contribution in [1.29, 1.82) is 0 Å². The third-order valence-corrected chi connectivity index (χ3v) is 2.30. The first-order valence-corrected chi connectivity index (χ1v) is 4.65. The molecule has 3 atom stereocenters. The molecular formula is C5H10N4O2S. The Morgan fingerprint density at radius 2 is 2.33 bits per heavy atom. The van der Waals surface area contributed by atoms with Gasteiger partial charge in [0.15, 0.2) is 6.04 Å². The molecule has 1 aliphatic rings. The monoisotopic (exact) mass is 190 g/mol. The summed E-state index contributed by atoms with van der Waals surface area (Å²) < 4.78 is 0. The van der Waals surface area contributed by atoms with Gasteiger partial charge in [-0.25, -0.2) is 0 Å². The average molecular weight is 190 g/mol. The van der Waals surface area contributed by atoms with Gasteiger partial charge in [0.2, 0.25) is 0 Å². The van der Waals surface area contributed by atoms with Crippen molar-refractivity contribution in [3.05, 3.63) is 4.91 Å². The van der Waals surface area contributed by atoms with E-state index in [1.807, 2.05) is 6.26 Å². The van der Waals surface area contributed by atoms with E-state index in [2.05, 4.69) is 15.8 Å². The number of hydrogen-bond donors (Lipinski definition) is 3. The van der Waals surface area contributed by atoms with Gasteiger partial charge in [-0.05, 0) is 6.26 Å². The standard InChI is InChI=1S/C5H10N4O2S/c1-12-5-7-3(6)2(9-11)4(10)8-5/h2-3,5,7H,6H2,1H3,(H,8,10). The van der Waals surface area contributed by atoms with Crippen LogP contribution in [0.5, 0.6) is 0 Å². The molecule has 1 aliphatic heterocycles. The smallest absolute Gasteiger partial charge is 0.253 e. The Labute approximate surface area is 73.6 Å². The predicted molar refractivity (Wildman–Crippen MR) is 46.1 cm³/mol. The molecule has 0 aromatic heterocycles. The Morgan fingerprint density at radius 1 is 1.67 bits per heavy atom. The van der Waals surface area contributed by atoms with E-state index in [1.165, 1.54) is 11.8 Å². The van der Waals surface area contributed by atoms with Crippen LogP contribution in [0.15, 0.2) is 5.18 Å². The molecule has 0 aromatic rings. The maximum Gasteiger partial charge on any atom is 0.253 e. The topological polar surface area (TPSA) is 96.6 Å². The highest BCUT2D eigenvalue weighted by Crippen LogP contribution is 2.08. The first kappa shape index (κ1) is 9.43. The summed E-state index contributed by atoms with van der Waals surface area (Å²) in [6, 6.07) is -1.02. The third-order valence-electron chi connectivity index (χ3n) is 1.58. The molecule has 12 heavy (non-hydrogen) atoms. The first-order chi connectivity index (χ1) is 5.69. The SMILES string of the molecule is CSC1NC(=O)C(N=O)C(N)N1. The molecule has 0 saturated carbocycles. The van der Waals surface area contributed by atoms with Gasteiger partial charge in [-0.2, -0.15) is 0 Å². The van der Waals surface area contributed by atoms with E-state index in [0.717, 1.165) is 0 Å². The number of nitrogens with two attached hydrogens (primary N) is 1. The zero-order valence-corrected chi connectivity index (χ0v) is 7.30. The third kappa shape index (κ3) is 1.74. The minimum Gasteiger partial charge on any atom is -0.330 e. The Kier molecular flexibility index (Phi) is 3.01. The number of amides is 1. The molecule has 1 rings (SSSR count). The minimum absolute atomic E-state index is 0.231. The fourth-order valence-corrected chi connectivity index (χ4v) is 1.45. The van der Waals surface area contributed by atoms with Crippen LogP contribution >= 0.6 is 11.8 Å². The molecule has 0 aliphatic carbocycles. The molecule has 68 valence electrons. The van der Waals surface area contributed by atoms with E-state index >= 15 is 0 Å². The van der Waals surface area contributed by atoms with E-state index in [4.69, 9.17) is 5.73 Å². The second-order valence-corrected chi connectivity index (χ2v) is 3.31. The van der Waals surface area contributed by atoms with Gasteiger partial charge in [-0.3, -0.25) is 10.1 Å². The van der Waals surface area contributed by atoms with Crippen molar-refractivity contribution < 1.29 is 4.79 Å². The highest BCUT2D eigenvalue weighted by atomic mass is 32.2. The number of nitrogens with zero attached hydrogens (tertiary/aromatic N) is 1. The first-order valence-electron chi connectivity index (χ1n) is 3.36. The molecule has 1 heterocycles. The largest absolute Gasteiger partial charge is 0.330 e. The van der Waals surface area contributed by atoms with Gasteiger partial charge in [0.25, 0.3) is 5.91 Å². The number of carbonyl (C=O) groups excluding carboxylic acids is 1. The van der Waals surface area contributed by atoms with Gasteiger partial charge in [0.05, 0.1) is 6.17 Å². The van der Waals surface area contributed by atoms with Crippen molar-refractivity contribution in [1.82, 2.24) is 10.6 Å². The summed E-state index contributed by atoms with van der Waals surface area (Å²) in [5.74, 6) is -0.421. The van der Waals surface area contributed by atoms with Crippen LogP contribution < -0.4 is 16.4 Å². The van der Waals surface area contributed by atoms with Gasteiger partial charge >= 0.3 is 0 Å². The van der Waals surface area contributed by atoms with Gasteiger partial charge in [0, 0.05) is 0 Å². The molecule has 1 saturated heterocycles. The molecule has 4 N–H and O–H groups in total. The molecule has 0 bridgehead atoms. The lowest BCUT2D eigenvalue weighted by Crippen LogP contribution is -2.65. The molecule has 6 nitrogen and oxygen atoms in total. The summed E-state index contributed by atoms with van der Waals surface area (Å²) in [5.41, 5.74) is 5.24. The van der Waals surface area contributed by atoms with Crippen molar-refractivity contribution in [3.8, 4) is 0 Å². The van der Waals surface area contributed by atoms with Crippen molar-refractivity contribution in [3.63, 3.8) is 0 Å². The summed E-state index contributed by atoms with van der Waals surface area (Å²) in [5, 5.41) is 7.97. The molecule has 1 amide bonds. The van der Waals surface area contributed by atoms with E-state index in [9.17, 15) is 9.70 Å². The molecule has 0 radical (unpaired) electrons. The van der Waals surface area contributed by atoms with Crippen LogP contribution in [0.4, 0.5) is 0 Å². The van der Waals surface area contributed by atoms with Crippen molar-refractivity contribution in [2.24, 2.45) is 10.9 Å². The summed E-state index contributed by atoms with van der Waals surface area (Å²) in [6.07, 6.45) is 1.13. The zero-order chi connectivity index (χ0) is 9.14. The van der Waals surface area contributed by atoms with Crippen molar-refractivity contribution in [2.45, 2.75) is 17.7 Å². The number of nitroso groups, excluding NO2 is 1. The molecule has 0 spiro atoms. The zero-order valence-electron chi connectivity index (χ0n) is 6.48. The average Bonchev–Trinajstić information content (AvgIpc) is 2.03. The number of carbonyl (C=O) groups is 1. The summed E-state index contributed by atoms with van der Waals surface area (Å²) >= 11 is 1.40. The van der Waals surface area contributed by atoms with Crippen LogP contribution in [-0.4, -0.2) is 29.9 Å². The van der Waals surface area contributed by atoms with Crippen LogP contribution in [0.2, 0.25) is 0 Å². The molecule has 0 aromatic carbocycles. The molecule has 1 fully saturated rings. The predicted octanol–water partition coefficient (Wildman–Crippen LogP) is -1.23. The lowest BCUT2D eigenvalue weighted by Gasteiger charge is -2.30. The molecular weight excluding hydrogens is 180 g/mol. The fraction of sp³-hybridized carbons (Fsp3) is 0.800. The second kappa shape index (κ2) is 3.83.